The van der Waals surface area contributed by atoms with E-state index in [-0.39, 0.29) is 12.2 Å². The molecule has 19 heavy (non-hydrogen) atoms. The van der Waals surface area contributed by atoms with Gasteiger partial charge in [0.15, 0.2) is 6.23 Å². The van der Waals surface area contributed by atoms with Gasteiger partial charge >= 0.3 is 5.97 Å². The lowest BCUT2D eigenvalue weighted by atomic mass is 10.1. The van der Waals surface area contributed by atoms with E-state index >= 15 is 0 Å². The monoisotopic (exact) mass is 262 g/mol. The molecule has 0 aliphatic carbocycles. The molecule has 0 amide bonds. The summed E-state index contributed by atoms with van der Waals surface area (Å²) in [6, 6.07) is 7.53. The van der Waals surface area contributed by atoms with Gasteiger partial charge in [-0.2, -0.15) is 0 Å². The number of morpholine rings is 1. The molecule has 0 bridgehead atoms. The third kappa shape index (κ3) is 2.78. The van der Waals surface area contributed by atoms with Crippen LogP contribution in [0.1, 0.15) is 22.1 Å². The van der Waals surface area contributed by atoms with Gasteiger partial charge in [0, 0.05) is 31.7 Å². The summed E-state index contributed by atoms with van der Waals surface area (Å²) in [7, 11) is 0. The number of cyclic esters (lactones) is 1. The van der Waals surface area contributed by atoms with Crippen molar-refractivity contribution in [3.05, 3.63) is 35.4 Å². The van der Waals surface area contributed by atoms with E-state index in [1.807, 2.05) is 18.2 Å². The van der Waals surface area contributed by atoms with Crippen LogP contribution in [0.3, 0.4) is 0 Å². The molecule has 1 fully saturated rings. The highest BCUT2D eigenvalue weighted by Crippen LogP contribution is 2.27. The van der Waals surface area contributed by atoms with Gasteiger partial charge in [0.05, 0.1) is 18.8 Å². The molecule has 1 aromatic rings. The Hall–Kier alpha value is -1.43. The summed E-state index contributed by atoms with van der Waals surface area (Å²) in [5, 5.41) is 3.29. The van der Waals surface area contributed by atoms with Crippen LogP contribution in [0.5, 0.6) is 0 Å². The number of nitrogens with one attached hydrogen (secondary N) is 1. The second-order valence-corrected chi connectivity index (χ2v) is 4.78. The predicted octanol–water partition coefficient (Wildman–Crippen LogP) is 0.777. The minimum absolute atomic E-state index is 0.237. The molecule has 5 nitrogen and oxygen atoms in total. The van der Waals surface area contributed by atoms with Crippen LogP contribution in [0.4, 0.5) is 0 Å². The standard InChI is InChI=1S/C14H18N2O3/c17-14-12-4-2-1-3-11(12)13(19-14)15-5-6-16-7-9-18-10-8-16/h1-4,13,15H,5-10H2. The maximum absolute atomic E-state index is 11.7. The van der Waals surface area contributed by atoms with Gasteiger partial charge in [-0.3, -0.25) is 10.2 Å². The van der Waals surface area contributed by atoms with Crippen molar-refractivity contribution < 1.29 is 14.3 Å². The van der Waals surface area contributed by atoms with Gasteiger partial charge in [-0.1, -0.05) is 18.2 Å². The Kier molecular flexibility index (Phi) is 3.77. The Morgan fingerprint density at radius 3 is 2.89 bits per heavy atom. The molecule has 0 spiro atoms. The first-order valence-corrected chi connectivity index (χ1v) is 6.68. The molecular weight excluding hydrogens is 244 g/mol. The van der Waals surface area contributed by atoms with Crippen molar-refractivity contribution >= 4 is 5.97 Å². The quantitative estimate of drug-likeness (QED) is 0.813. The van der Waals surface area contributed by atoms with Crippen LogP contribution in [0, 0.1) is 0 Å². The number of benzene rings is 1. The van der Waals surface area contributed by atoms with Crippen molar-refractivity contribution in [3.8, 4) is 0 Å². The molecule has 1 aromatic carbocycles. The molecule has 3 rings (SSSR count). The number of hydrogen-bond donors (Lipinski definition) is 1. The fraction of sp³-hybridized carbons (Fsp3) is 0.500. The number of carbonyl (C=O) groups excluding carboxylic acids is 1. The second kappa shape index (κ2) is 5.69. The van der Waals surface area contributed by atoms with Gasteiger partial charge in [-0.25, -0.2) is 4.79 Å². The molecule has 2 heterocycles. The van der Waals surface area contributed by atoms with Crippen LogP contribution in [-0.2, 0) is 9.47 Å². The number of hydrogen-bond acceptors (Lipinski definition) is 5. The first-order valence-electron chi connectivity index (χ1n) is 6.68. The highest BCUT2D eigenvalue weighted by atomic mass is 16.6. The summed E-state index contributed by atoms with van der Waals surface area (Å²) in [4.78, 5) is 14.0. The number of esters is 1. The summed E-state index contributed by atoms with van der Waals surface area (Å²) in [5.41, 5.74) is 1.61. The minimum Gasteiger partial charge on any atom is -0.439 e. The topological polar surface area (TPSA) is 50.8 Å². The molecule has 5 heteroatoms. The first kappa shape index (κ1) is 12.6. The van der Waals surface area contributed by atoms with Crippen LogP contribution in [0.2, 0.25) is 0 Å². The molecule has 0 saturated carbocycles. The fourth-order valence-corrected chi connectivity index (χ4v) is 2.48. The van der Waals surface area contributed by atoms with Gasteiger partial charge in [-0.05, 0) is 6.07 Å². The van der Waals surface area contributed by atoms with Crippen LogP contribution in [-0.4, -0.2) is 50.3 Å². The smallest absolute Gasteiger partial charge is 0.340 e. The van der Waals surface area contributed by atoms with Gasteiger partial charge in [0.2, 0.25) is 0 Å². The molecule has 1 saturated heterocycles. The third-order valence-electron chi connectivity index (χ3n) is 3.55. The number of ether oxygens (including phenoxy) is 2. The molecule has 1 unspecified atom stereocenters. The molecule has 2 aliphatic heterocycles. The van der Waals surface area contributed by atoms with Crippen LogP contribution in [0.15, 0.2) is 24.3 Å². The van der Waals surface area contributed by atoms with Gasteiger partial charge in [0.1, 0.15) is 0 Å². The first-order chi connectivity index (χ1) is 9.34. The van der Waals surface area contributed by atoms with Gasteiger partial charge < -0.3 is 9.47 Å². The Labute approximate surface area is 112 Å². The van der Waals surface area contributed by atoms with Crippen LogP contribution in [0.25, 0.3) is 0 Å². The Morgan fingerprint density at radius 1 is 1.26 bits per heavy atom. The van der Waals surface area contributed by atoms with Crippen LogP contribution >= 0.6 is 0 Å². The van der Waals surface area contributed by atoms with E-state index in [0.29, 0.717) is 5.56 Å². The van der Waals surface area contributed by atoms with Gasteiger partial charge in [0.25, 0.3) is 0 Å². The third-order valence-corrected chi connectivity index (χ3v) is 3.55. The summed E-state index contributed by atoms with van der Waals surface area (Å²) in [6.07, 6.45) is -0.301. The molecule has 102 valence electrons. The minimum atomic E-state index is -0.301. The number of fused-ring (bicyclic) bond motifs is 1. The van der Waals surface area contributed by atoms with E-state index in [4.69, 9.17) is 9.47 Å². The SMILES string of the molecule is O=C1OC(NCCN2CCOCC2)c2ccccc21. The average molecular weight is 262 g/mol. The van der Waals surface area contributed by atoms with Crippen molar-refractivity contribution in [2.75, 3.05) is 39.4 Å². The van der Waals surface area contributed by atoms with Crippen molar-refractivity contribution in [1.82, 2.24) is 10.2 Å². The average Bonchev–Trinajstić information content (AvgIpc) is 2.78. The second-order valence-electron chi connectivity index (χ2n) is 4.78. The zero-order valence-corrected chi connectivity index (χ0v) is 10.8. The molecular formula is C14H18N2O3. The highest BCUT2D eigenvalue weighted by Gasteiger charge is 2.29. The zero-order chi connectivity index (χ0) is 13.1. The van der Waals surface area contributed by atoms with Crippen molar-refractivity contribution in [3.63, 3.8) is 0 Å². The highest BCUT2D eigenvalue weighted by molar-refractivity contribution is 5.93. The summed E-state index contributed by atoms with van der Waals surface area (Å²) in [5.74, 6) is -0.237. The summed E-state index contributed by atoms with van der Waals surface area (Å²) in [6.45, 7) is 5.31. The summed E-state index contributed by atoms with van der Waals surface area (Å²) >= 11 is 0. The van der Waals surface area contributed by atoms with E-state index in [0.717, 1.165) is 45.0 Å². The molecule has 1 atom stereocenters. The lowest BCUT2D eigenvalue weighted by Gasteiger charge is -2.27. The Morgan fingerprint density at radius 2 is 2.05 bits per heavy atom. The Balaban J connectivity index is 1.52. The van der Waals surface area contributed by atoms with Gasteiger partial charge in [-0.15, -0.1) is 0 Å². The summed E-state index contributed by atoms with van der Waals surface area (Å²) < 4.78 is 10.6. The van der Waals surface area contributed by atoms with E-state index in [1.165, 1.54) is 0 Å². The van der Waals surface area contributed by atoms with E-state index in [1.54, 1.807) is 6.07 Å². The predicted molar refractivity (Wildman–Crippen MR) is 69.9 cm³/mol. The maximum atomic E-state index is 11.7. The fourth-order valence-electron chi connectivity index (χ4n) is 2.48. The number of carbonyl (C=O) groups is 1. The number of rotatable bonds is 4. The lowest BCUT2D eigenvalue weighted by Crippen LogP contribution is -2.40. The van der Waals surface area contributed by atoms with Crippen molar-refractivity contribution in [1.29, 1.82) is 0 Å². The molecule has 0 radical (unpaired) electrons. The van der Waals surface area contributed by atoms with Crippen molar-refractivity contribution in [2.45, 2.75) is 6.23 Å². The maximum Gasteiger partial charge on any atom is 0.340 e. The number of nitrogens with zero attached hydrogens (tertiary/aromatic N) is 1. The van der Waals surface area contributed by atoms with E-state index < -0.39 is 0 Å². The van der Waals surface area contributed by atoms with Crippen LogP contribution < -0.4 is 5.32 Å². The molecule has 1 N–H and O–H groups in total. The molecule has 0 aromatic heterocycles. The van der Waals surface area contributed by atoms with E-state index in [9.17, 15) is 4.79 Å². The Bertz CT molecular complexity index is 458. The van der Waals surface area contributed by atoms with E-state index in [2.05, 4.69) is 10.2 Å². The van der Waals surface area contributed by atoms with Crippen molar-refractivity contribution in [2.24, 2.45) is 0 Å². The molecule has 2 aliphatic rings. The normalized spacial score (nSPS) is 23.2. The zero-order valence-electron chi connectivity index (χ0n) is 10.8. The largest absolute Gasteiger partial charge is 0.439 e. The lowest BCUT2D eigenvalue weighted by molar-refractivity contribution is 0.0243.